The molecule has 0 spiro atoms. The van der Waals surface area contributed by atoms with Crippen molar-refractivity contribution in [3.8, 4) is 0 Å². The third-order valence-corrected chi connectivity index (χ3v) is 5.06. The van der Waals surface area contributed by atoms with Crippen LogP contribution in [0.15, 0.2) is 29.2 Å². The van der Waals surface area contributed by atoms with Gasteiger partial charge in [0.25, 0.3) is 10.1 Å². The summed E-state index contributed by atoms with van der Waals surface area (Å²) in [6, 6.07) is 6.20. The summed E-state index contributed by atoms with van der Waals surface area (Å²) >= 11 is 0. The zero-order valence-corrected chi connectivity index (χ0v) is 13.9. The van der Waals surface area contributed by atoms with Crippen LogP contribution in [0.3, 0.4) is 0 Å². The smallest absolute Gasteiger partial charge is 0.297 e. The van der Waals surface area contributed by atoms with Gasteiger partial charge in [0.15, 0.2) is 18.2 Å². The molecular weight excluding hydrogens is 327 g/mol. The highest BCUT2D eigenvalue weighted by molar-refractivity contribution is 7.86. The number of fused-ring (bicyclic) bond motifs is 1. The van der Waals surface area contributed by atoms with Crippen molar-refractivity contribution in [2.45, 2.75) is 56.1 Å². The van der Waals surface area contributed by atoms with Gasteiger partial charge in [0.2, 0.25) is 0 Å². The third-order valence-electron chi connectivity index (χ3n) is 3.76. The van der Waals surface area contributed by atoms with Crippen molar-refractivity contribution in [1.29, 1.82) is 0 Å². The average molecular weight is 346 g/mol. The van der Waals surface area contributed by atoms with E-state index in [1.165, 1.54) is 12.1 Å². The first-order valence-corrected chi connectivity index (χ1v) is 8.70. The number of benzene rings is 1. The number of ether oxygens (including phenoxy) is 3. The highest BCUT2D eigenvalue weighted by atomic mass is 32.2. The Labute approximate surface area is 134 Å². The number of aryl methyl sites for hydroxylation is 1. The lowest BCUT2D eigenvalue weighted by molar-refractivity contribution is -0.213. The van der Waals surface area contributed by atoms with Crippen LogP contribution in [0.2, 0.25) is 0 Å². The SMILES string of the molecule is Cc1ccc(S(=O)(=O)OC[C@H]2O[C@@H]3OC(C)(C)O[C@@H]3[C@H]2F)cc1. The molecule has 2 heterocycles. The standard InChI is InChI=1S/C15H19FO6S/c1-9-4-6-10(7-5-9)23(17,18)19-8-11-12(16)13-14(20-11)22-15(2,3)21-13/h4-7,11-14H,8H2,1-3H3/t11-,12+,13-,14-/m1/s1. The van der Waals surface area contributed by atoms with Gasteiger partial charge < -0.3 is 14.2 Å². The summed E-state index contributed by atoms with van der Waals surface area (Å²) in [5.74, 6) is -0.917. The van der Waals surface area contributed by atoms with Crippen LogP contribution in [0, 0.1) is 6.92 Å². The molecule has 2 aliphatic rings. The lowest BCUT2D eigenvalue weighted by atomic mass is 10.2. The van der Waals surface area contributed by atoms with Crippen LogP contribution in [-0.2, 0) is 28.5 Å². The predicted molar refractivity (Wildman–Crippen MR) is 77.9 cm³/mol. The maximum atomic E-state index is 14.3. The Morgan fingerprint density at radius 3 is 2.48 bits per heavy atom. The Morgan fingerprint density at radius 2 is 1.87 bits per heavy atom. The number of halogens is 1. The van der Waals surface area contributed by atoms with E-state index in [4.69, 9.17) is 18.4 Å². The summed E-state index contributed by atoms with van der Waals surface area (Å²) in [5.41, 5.74) is 0.927. The number of hydrogen-bond acceptors (Lipinski definition) is 6. The highest BCUT2D eigenvalue weighted by Crippen LogP contribution is 2.39. The van der Waals surface area contributed by atoms with E-state index in [9.17, 15) is 12.8 Å². The molecule has 4 atom stereocenters. The van der Waals surface area contributed by atoms with Crippen molar-refractivity contribution in [3.05, 3.63) is 29.8 Å². The molecule has 3 rings (SSSR count). The molecule has 128 valence electrons. The van der Waals surface area contributed by atoms with Gasteiger partial charge in [-0.05, 0) is 32.9 Å². The first-order chi connectivity index (χ1) is 10.7. The van der Waals surface area contributed by atoms with Crippen molar-refractivity contribution >= 4 is 10.1 Å². The Morgan fingerprint density at radius 1 is 1.22 bits per heavy atom. The fourth-order valence-electron chi connectivity index (χ4n) is 2.60. The van der Waals surface area contributed by atoms with E-state index in [-0.39, 0.29) is 4.90 Å². The molecule has 0 unspecified atom stereocenters. The molecule has 2 saturated heterocycles. The minimum absolute atomic E-state index is 0.0188. The van der Waals surface area contributed by atoms with Gasteiger partial charge >= 0.3 is 0 Å². The van der Waals surface area contributed by atoms with Crippen molar-refractivity contribution in [1.82, 2.24) is 0 Å². The molecule has 0 aliphatic carbocycles. The minimum Gasteiger partial charge on any atom is -0.341 e. The number of hydrogen-bond donors (Lipinski definition) is 0. The molecule has 1 aromatic rings. The zero-order chi connectivity index (χ0) is 16.8. The van der Waals surface area contributed by atoms with E-state index in [0.717, 1.165) is 5.56 Å². The highest BCUT2D eigenvalue weighted by Gasteiger charge is 2.55. The Bertz CT molecular complexity index is 672. The summed E-state index contributed by atoms with van der Waals surface area (Å²) < 4.78 is 59.6. The van der Waals surface area contributed by atoms with Crippen LogP contribution in [0.25, 0.3) is 0 Å². The van der Waals surface area contributed by atoms with Gasteiger partial charge in [-0.2, -0.15) is 8.42 Å². The van der Waals surface area contributed by atoms with Gasteiger partial charge in [0.05, 0.1) is 11.5 Å². The molecule has 0 bridgehead atoms. The first-order valence-electron chi connectivity index (χ1n) is 7.29. The second-order valence-corrected chi connectivity index (χ2v) is 7.75. The van der Waals surface area contributed by atoms with Crippen LogP contribution < -0.4 is 0 Å². The van der Waals surface area contributed by atoms with Gasteiger partial charge in [0.1, 0.15) is 12.2 Å². The van der Waals surface area contributed by atoms with E-state index in [1.807, 2.05) is 6.92 Å². The van der Waals surface area contributed by atoms with Crippen molar-refractivity contribution < 1.29 is 31.2 Å². The zero-order valence-electron chi connectivity index (χ0n) is 13.1. The van der Waals surface area contributed by atoms with Crippen LogP contribution in [-0.4, -0.2) is 45.5 Å². The van der Waals surface area contributed by atoms with E-state index in [2.05, 4.69) is 0 Å². The molecule has 0 N–H and O–H groups in total. The van der Waals surface area contributed by atoms with Crippen LogP contribution in [0.1, 0.15) is 19.4 Å². The second kappa shape index (κ2) is 5.78. The number of rotatable bonds is 4. The summed E-state index contributed by atoms with van der Waals surface area (Å²) in [6.45, 7) is 4.73. The van der Waals surface area contributed by atoms with Gasteiger partial charge in [-0.15, -0.1) is 0 Å². The van der Waals surface area contributed by atoms with Gasteiger partial charge in [0, 0.05) is 0 Å². The molecule has 0 radical (unpaired) electrons. The fraction of sp³-hybridized carbons (Fsp3) is 0.600. The molecule has 23 heavy (non-hydrogen) atoms. The van der Waals surface area contributed by atoms with Crippen molar-refractivity contribution in [2.24, 2.45) is 0 Å². The third kappa shape index (κ3) is 3.41. The maximum absolute atomic E-state index is 14.3. The van der Waals surface area contributed by atoms with Crippen molar-refractivity contribution in [2.75, 3.05) is 6.61 Å². The molecule has 8 heteroatoms. The molecule has 0 amide bonds. The topological polar surface area (TPSA) is 71.1 Å². The quantitative estimate of drug-likeness (QED) is 0.776. The maximum Gasteiger partial charge on any atom is 0.297 e. The first kappa shape index (κ1) is 16.8. The normalized spacial score (nSPS) is 32.9. The molecule has 1 aromatic carbocycles. The Balaban J connectivity index is 1.62. The van der Waals surface area contributed by atoms with Gasteiger partial charge in [-0.25, -0.2) is 4.39 Å². The average Bonchev–Trinajstić information content (AvgIpc) is 2.91. The van der Waals surface area contributed by atoms with E-state index >= 15 is 0 Å². The van der Waals surface area contributed by atoms with Crippen LogP contribution in [0.5, 0.6) is 0 Å². The lowest BCUT2D eigenvalue weighted by Gasteiger charge is -2.21. The molecule has 0 aromatic heterocycles. The Kier molecular flexibility index (Phi) is 4.22. The monoisotopic (exact) mass is 346 g/mol. The fourth-order valence-corrected chi connectivity index (χ4v) is 3.52. The Hall–Kier alpha value is -1.06. The van der Waals surface area contributed by atoms with Gasteiger partial charge in [-0.3, -0.25) is 4.18 Å². The van der Waals surface area contributed by atoms with Crippen LogP contribution >= 0.6 is 0 Å². The van der Waals surface area contributed by atoms with E-state index in [1.54, 1.807) is 26.0 Å². The summed E-state index contributed by atoms with van der Waals surface area (Å²) in [7, 11) is -3.96. The lowest BCUT2D eigenvalue weighted by Crippen LogP contribution is -2.34. The van der Waals surface area contributed by atoms with E-state index in [0.29, 0.717) is 0 Å². The molecule has 6 nitrogen and oxygen atoms in total. The summed E-state index contributed by atoms with van der Waals surface area (Å²) in [6.07, 6.45) is -4.30. The predicted octanol–water partition coefficient (Wildman–Crippen LogP) is 1.91. The summed E-state index contributed by atoms with van der Waals surface area (Å²) in [4.78, 5) is 0.0188. The second-order valence-electron chi connectivity index (χ2n) is 6.14. The summed E-state index contributed by atoms with van der Waals surface area (Å²) in [5, 5.41) is 0. The number of alkyl halides is 1. The van der Waals surface area contributed by atoms with Gasteiger partial charge in [-0.1, -0.05) is 17.7 Å². The van der Waals surface area contributed by atoms with Crippen molar-refractivity contribution in [3.63, 3.8) is 0 Å². The molecule has 2 fully saturated rings. The largest absolute Gasteiger partial charge is 0.341 e. The minimum atomic E-state index is -3.96. The molecule has 2 aliphatic heterocycles. The van der Waals surface area contributed by atoms with Crippen LogP contribution in [0.4, 0.5) is 4.39 Å². The van der Waals surface area contributed by atoms with E-state index < -0.39 is 47.2 Å². The molecular formula is C15H19FO6S. The molecule has 0 saturated carbocycles.